The van der Waals surface area contributed by atoms with Crippen LogP contribution in [-0.4, -0.2) is 27.8 Å². The van der Waals surface area contributed by atoms with Crippen molar-refractivity contribution >= 4 is 29.0 Å². The normalized spacial score (nSPS) is 14.7. The molecule has 0 saturated heterocycles. The van der Waals surface area contributed by atoms with Crippen LogP contribution in [0, 0.1) is 0 Å². The zero-order valence-corrected chi connectivity index (χ0v) is 18.1. The van der Waals surface area contributed by atoms with Gasteiger partial charge in [-0.2, -0.15) is 0 Å². The van der Waals surface area contributed by atoms with Crippen LogP contribution in [0.1, 0.15) is 53.1 Å². The molecule has 7 heteroatoms. The predicted molar refractivity (Wildman–Crippen MR) is 124 cm³/mol. The van der Waals surface area contributed by atoms with Crippen LogP contribution in [0.4, 0.5) is 11.4 Å². The van der Waals surface area contributed by atoms with E-state index < -0.39 is 11.8 Å². The maximum atomic E-state index is 12.9. The minimum Gasteiger partial charge on any atom is -0.475 e. The number of Topliss-reactive ketones (excluding diaryl/α,β-unsaturated/α-hetero) is 1. The number of ketones is 1. The molecule has 1 unspecified atom stereocenters. The molecule has 0 saturated carbocycles. The van der Waals surface area contributed by atoms with Crippen LogP contribution in [0.25, 0.3) is 0 Å². The highest BCUT2D eigenvalue weighted by atomic mass is 16.4. The molecule has 0 bridgehead atoms. The molecule has 1 atom stereocenters. The van der Waals surface area contributed by atoms with Crippen molar-refractivity contribution in [3.63, 3.8) is 0 Å². The van der Waals surface area contributed by atoms with Gasteiger partial charge in [-0.15, -0.1) is 0 Å². The summed E-state index contributed by atoms with van der Waals surface area (Å²) in [5.74, 6) is -2.35. The van der Waals surface area contributed by atoms with Crippen LogP contribution in [0.15, 0.2) is 73.1 Å². The van der Waals surface area contributed by atoms with E-state index in [1.54, 1.807) is 29.5 Å². The molecule has 1 aliphatic carbocycles. The second-order valence-corrected chi connectivity index (χ2v) is 8.05. The summed E-state index contributed by atoms with van der Waals surface area (Å²) in [6, 6.07) is 18.5. The van der Waals surface area contributed by atoms with Crippen LogP contribution < -0.4 is 10.4 Å². The number of nitrogens with one attached hydrogen (secondary N) is 1. The number of rotatable bonds is 8. The van der Waals surface area contributed by atoms with E-state index in [1.807, 2.05) is 48.5 Å². The van der Waals surface area contributed by atoms with Gasteiger partial charge in [0.2, 0.25) is 5.91 Å². The van der Waals surface area contributed by atoms with Crippen LogP contribution >= 0.6 is 0 Å². The molecule has 1 heterocycles. The number of carboxylic acid groups (broad SMARTS) is 1. The molecule has 7 nitrogen and oxygen atoms in total. The van der Waals surface area contributed by atoms with Crippen molar-refractivity contribution in [1.29, 1.82) is 0 Å². The maximum Gasteiger partial charge on any atom is 0.377 e. The predicted octanol–water partition coefficient (Wildman–Crippen LogP) is 4.42. The molecular formula is C26H25N3O4. The zero-order valence-electron chi connectivity index (χ0n) is 18.1. The number of hydrogen-bond acceptors (Lipinski definition) is 5. The topological polar surface area (TPSA) is 99.6 Å². The number of amides is 1. The molecule has 2 N–H and O–H groups in total. The van der Waals surface area contributed by atoms with E-state index in [9.17, 15) is 14.4 Å². The van der Waals surface area contributed by atoms with Crippen LogP contribution in [0.2, 0.25) is 0 Å². The zero-order chi connectivity index (χ0) is 23.2. The molecule has 2 aromatic carbocycles. The molecule has 168 valence electrons. The minimum atomic E-state index is -1.44. The second kappa shape index (κ2) is 10.1. The van der Waals surface area contributed by atoms with Gasteiger partial charge in [-0.3, -0.25) is 25.0 Å². The molecular weight excluding hydrogens is 418 g/mol. The maximum absolute atomic E-state index is 12.9. The van der Waals surface area contributed by atoms with Crippen molar-refractivity contribution in [3.8, 4) is 0 Å². The standard InChI is InChI=1S/C26H25N3O4/c30-24(28-29(19-8-2-1-3-9-19)20-10-6-16-27-17-20)15-14-18-7-4-12-22-21(18)11-5-13-23(22)25(31)26(32)33/h1-3,5-6,8-11,13,16-18H,4,7,12,14-15H2,(H,28,30)(H,32,33). The Kier molecular flexibility index (Phi) is 6.78. The third-order valence-electron chi connectivity index (χ3n) is 5.95. The van der Waals surface area contributed by atoms with Gasteiger partial charge in [0.15, 0.2) is 0 Å². The SMILES string of the molecule is O=C(CCC1CCCc2c(C(=O)C(=O)O)cccc21)NN(c1ccccc1)c1cccnc1. The summed E-state index contributed by atoms with van der Waals surface area (Å²) in [6.45, 7) is 0. The van der Waals surface area contributed by atoms with Crippen molar-refractivity contribution in [2.24, 2.45) is 0 Å². The number of pyridine rings is 1. The lowest BCUT2D eigenvalue weighted by Gasteiger charge is -2.28. The molecule has 1 aliphatic rings. The molecule has 1 amide bonds. The summed E-state index contributed by atoms with van der Waals surface area (Å²) in [6.07, 6.45) is 6.70. The van der Waals surface area contributed by atoms with Crippen LogP contribution in [0.5, 0.6) is 0 Å². The lowest BCUT2D eigenvalue weighted by atomic mass is 9.78. The Balaban J connectivity index is 1.48. The first-order valence-corrected chi connectivity index (χ1v) is 11.0. The summed E-state index contributed by atoms with van der Waals surface area (Å²) in [5, 5.41) is 10.9. The van der Waals surface area contributed by atoms with Gasteiger partial charge in [0.1, 0.15) is 0 Å². The fourth-order valence-electron chi connectivity index (χ4n) is 4.40. The van der Waals surface area contributed by atoms with E-state index in [0.29, 0.717) is 19.3 Å². The minimum absolute atomic E-state index is 0.101. The van der Waals surface area contributed by atoms with Gasteiger partial charge >= 0.3 is 5.97 Å². The van der Waals surface area contributed by atoms with Crippen molar-refractivity contribution in [1.82, 2.24) is 10.4 Å². The first-order chi connectivity index (χ1) is 16.0. The quantitative estimate of drug-likeness (QED) is 0.304. The first-order valence-electron chi connectivity index (χ1n) is 11.0. The number of hydrazine groups is 1. The Morgan fingerprint density at radius 1 is 1.00 bits per heavy atom. The number of benzene rings is 2. The van der Waals surface area contributed by atoms with E-state index in [2.05, 4.69) is 10.4 Å². The Labute approximate surface area is 192 Å². The van der Waals surface area contributed by atoms with Gasteiger partial charge in [0, 0.05) is 18.2 Å². The fraction of sp³-hybridized carbons (Fsp3) is 0.231. The Morgan fingerprint density at radius 2 is 1.79 bits per heavy atom. The highest BCUT2D eigenvalue weighted by Crippen LogP contribution is 2.36. The summed E-state index contributed by atoms with van der Waals surface area (Å²) in [5.41, 5.74) is 6.60. The Hall–Kier alpha value is -4.00. The van der Waals surface area contributed by atoms with E-state index >= 15 is 0 Å². The summed E-state index contributed by atoms with van der Waals surface area (Å²) >= 11 is 0. The Bertz CT molecular complexity index is 1110. The van der Waals surface area contributed by atoms with E-state index in [1.165, 1.54) is 0 Å². The molecule has 0 radical (unpaired) electrons. The van der Waals surface area contributed by atoms with Gasteiger partial charge in [-0.05, 0) is 67.0 Å². The van der Waals surface area contributed by atoms with Crippen molar-refractivity contribution in [3.05, 3.63) is 89.7 Å². The van der Waals surface area contributed by atoms with E-state index in [4.69, 9.17) is 5.11 Å². The van der Waals surface area contributed by atoms with E-state index in [-0.39, 0.29) is 17.4 Å². The summed E-state index contributed by atoms with van der Waals surface area (Å²) in [4.78, 5) is 40.4. The molecule has 0 spiro atoms. The number of aliphatic carboxylic acids is 1. The number of aromatic nitrogens is 1. The third-order valence-corrected chi connectivity index (χ3v) is 5.95. The van der Waals surface area contributed by atoms with Crippen molar-refractivity contribution < 1.29 is 19.5 Å². The lowest BCUT2D eigenvalue weighted by molar-refractivity contribution is -0.131. The molecule has 0 fully saturated rings. The average Bonchev–Trinajstić information content (AvgIpc) is 2.86. The molecule has 0 aliphatic heterocycles. The summed E-state index contributed by atoms with van der Waals surface area (Å²) < 4.78 is 0. The van der Waals surface area contributed by atoms with Gasteiger partial charge in [0.25, 0.3) is 5.78 Å². The van der Waals surface area contributed by atoms with Gasteiger partial charge < -0.3 is 5.11 Å². The van der Waals surface area contributed by atoms with Gasteiger partial charge in [0.05, 0.1) is 17.6 Å². The molecule has 4 rings (SSSR count). The first kappa shape index (κ1) is 22.2. The van der Waals surface area contributed by atoms with E-state index in [0.717, 1.165) is 35.3 Å². The highest BCUT2D eigenvalue weighted by Gasteiger charge is 2.27. The Morgan fingerprint density at radius 3 is 2.52 bits per heavy atom. The number of carbonyl (C=O) groups is 3. The molecule has 1 aromatic heterocycles. The average molecular weight is 444 g/mol. The smallest absolute Gasteiger partial charge is 0.377 e. The number of nitrogens with zero attached hydrogens (tertiary/aromatic N) is 2. The number of hydrogen-bond donors (Lipinski definition) is 2. The number of para-hydroxylation sites is 1. The number of carboxylic acids is 1. The highest BCUT2D eigenvalue weighted by molar-refractivity contribution is 6.40. The fourth-order valence-corrected chi connectivity index (χ4v) is 4.40. The second-order valence-electron chi connectivity index (χ2n) is 8.05. The molecule has 33 heavy (non-hydrogen) atoms. The van der Waals surface area contributed by atoms with Crippen molar-refractivity contribution in [2.45, 2.75) is 38.0 Å². The van der Waals surface area contributed by atoms with Gasteiger partial charge in [-0.1, -0.05) is 36.4 Å². The third kappa shape index (κ3) is 5.09. The van der Waals surface area contributed by atoms with Crippen molar-refractivity contribution in [2.75, 3.05) is 5.01 Å². The monoisotopic (exact) mass is 443 g/mol. The number of carbonyl (C=O) groups excluding carboxylic acids is 2. The molecule has 3 aromatic rings. The number of fused-ring (bicyclic) bond motifs is 1. The van der Waals surface area contributed by atoms with Crippen LogP contribution in [0.3, 0.4) is 0 Å². The summed E-state index contributed by atoms with van der Waals surface area (Å²) in [7, 11) is 0. The lowest BCUT2D eigenvalue weighted by Crippen LogP contribution is -2.39. The van der Waals surface area contributed by atoms with Gasteiger partial charge in [-0.25, -0.2) is 4.79 Å². The van der Waals surface area contributed by atoms with Crippen LogP contribution in [-0.2, 0) is 16.0 Å². The largest absolute Gasteiger partial charge is 0.475 e. The number of anilines is 2.